The zero-order valence-corrected chi connectivity index (χ0v) is 11.5. The third-order valence-corrected chi connectivity index (χ3v) is 3.48. The Morgan fingerprint density at radius 3 is 2.80 bits per heavy atom. The van der Waals surface area contributed by atoms with Crippen LogP contribution in [0.2, 0.25) is 0 Å². The number of amides is 1. The fraction of sp³-hybridized carbons (Fsp3) is 0.429. The maximum absolute atomic E-state index is 11.2. The Morgan fingerprint density at radius 1 is 1.45 bits per heavy atom. The van der Waals surface area contributed by atoms with Gasteiger partial charge in [0.25, 0.3) is 0 Å². The quantitative estimate of drug-likeness (QED) is 0.878. The number of alkyl carbamates (subject to hydrolysis) is 1. The van der Waals surface area contributed by atoms with Gasteiger partial charge in [0.2, 0.25) is 0 Å². The summed E-state index contributed by atoms with van der Waals surface area (Å²) in [6, 6.07) is 5.14. The number of carbonyl (C=O) groups excluding carboxylic acids is 1. The molecule has 1 unspecified atom stereocenters. The highest BCUT2D eigenvalue weighted by Gasteiger charge is 2.25. The van der Waals surface area contributed by atoms with Gasteiger partial charge in [-0.05, 0) is 37.1 Å². The lowest BCUT2D eigenvalue weighted by Gasteiger charge is -2.21. The minimum atomic E-state index is -0.925. The molecule has 1 atom stereocenters. The number of hydrogen-bond donors (Lipinski definition) is 2. The van der Waals surface area contributed by atoms with Crippen molar-refractivity contribution in [3.63, 3.8) is 0 Å². The molecule has 0 spiro atoms. The van der Waals surface area contributed by atoms with E-state index in [-0.39, 0.29) is 11.6 Å². The number of nitrogens with zero attached hydrogens (tertiary/aromatic N) is 1. The van der Waals surface area contributed by atoms with Crippen molar-refractivity contribution in [2.45, 2.75) is 19.4 Å². The summed E-state index contributed by atoms with van der Waals surface area (Å²) in [7, 11) is 1.34. The zero-order chi connectivity index (χ0) is 14.7. The van der Waals surface area contributed by atoms with Gasteiger partial charge < -0.3 is 20.1 Å². The van der Waals surface area contributed by atoms with E-state index in [9.17, 15) is 9.59 Å². The van der Waals surface area contributed by atoms with Gasteiger partial charge in [-0.1, -0.05) is 0 Å². The highest BCUT2D eigenvalue weighted by Crippen LogP contribution is 2.25. The SMILES string of the molecule is COC(=O)NC1CCN(c2ccc(C(=O)O)cc2C)C1. The summed E-state index contributed by atoms with van der Waals surface area (Å²) in [5.74, 6) is -0.925. The molecule has 0 radical (unpaired) electrons. The molecule has 0 saturated carbocycles. The zero-order valence-electron chi connectivity index (χ0n) is 11.5. The molecule has 0 bridgehead atoms. The van der Waals surface area contributed by atoms with E-state index < -0.39 is 12.1 Å². The van der Waals surface area contributed by atoms with Gasteiger partial charge in [-0.25, -0.2) is 9.59 Å². The van der Waals surface area contributed by atoms with Crippen LogP contribution in [-0.4, -0.2) is 43.4 Å². The average Bonchev–Trinajstić information content (AvgIpc) is 2.86. The molecule has 1 amide bonds. The molecule has 1 fully saturated rings. The van der Waals surface area contributed by atoms with E-state index in [1.165, 1.54) is 7.11 Å². The average molecular weight is 278 g/mol. The molecule has 1 heterocycles. The fourth-order valence-electron chi connectivity index (χ4n) is 2.47. The van der Waals surface area contributed by atoms with Crippen molar-refractivity contribution in [2.75, 3.05) is 25.1 Å². The summed E-state index contributed by atoms with van der Waals surface area (Å²) in [6.07, 6.45) is 0.421. The molecular formula is C14H18N2O4. The van der Waals surface area contributed by atoms with Crippen molar-refractivity contribution < 1.29 is 19.4 Å². The standard InChI is InChI=1S/C14H18N2O4/c1-9-7-10(13(17)18)3-4-12(9)16-6-5-11(8-16)15-14(19)20-2/h3-4,7,11H,5-6,8H2,1-2H3,(H,15,19)(H,17,18). The Labute approximate surface area is 117 Å². The Balaban J connectivity index is 2.06. The van der Waals surface area contributed by atoms with E-state index >= 15 is 0 Å². The monoisotopic (exact) mass is 278 g/mol. The smallest absolute Gasteiger partial charge is 0.407 e. The molecule has 0 aromatic heterocycles. The van der Waals surface area contributed by atoms with Crippen LogP contribution in [-0.2, 0) is 4.74 Å². The van der Waals surface area contributed by atoms with E-state index in [0.29, 0.717) is 6.54 Å². The summed E-state index contributed by atoms with van der Waals surface area (Å²) in [6.45, 7) is 3.41. The lowest BCUT2D eigenvalue weighted by Crippen LogP contribution is -2.37. The third kappa shape index (κ3) is 3.01. The molecule has 1 aromatic carbocycles. The molecule has 20 heavy (non-hydrogen) atoms. The van der Waals surface area contributed by atoms with Gasteiger partial charge in [0.05, 0.1) is 18.7 Å². The molecule has 6 heteroatoms. The Morgan fingerprint density at radius 2 is 2.20 bits per heavy atom. The number of aryl methyl sites for hydroxylation is 1. The molecule has 1 aromatic rings. The van der Waals surface area contributed by atoms with Crippen molar-refractivity contribution in [1.82, 2.24) is 5.32 Å². The third-order valence-electron chi connectivity index (χ3n) is 3.48. The molecule has 2 N–H and O–H groups in total. The van der Waals surface area contributed by atoms with E-state index in [1.807, 2.05) is 13.0 Å². The van der Waals surface area contributed by atoms with Gasteiger partial charge in [-0.2, -0.15) is 0 Å². The molecule has 6 nitrogen and oxygen atoms in total. The number of anilines is 1. The molecule has 0 aliphatic carbocycles. The summed E-state index contributed by atoms with van der Waals surface area (Å²) in [5, 5.41) is 11.7. The lowest BCUT2D eigenvalue weighted by molar-refractivity contribution is 0.0696. The van der Waals surface area contributed by atoms with Gasteiger partial charge in [-0.15, -0.1) is 0 Å². The van der Waals surface area contributed by atoms with Gasteiger partial charge in [0.15, 0.2) is 0 Å². The number of nitrogens with one attached hydrogen (secondary N) is 1. The minimum Gasteiger partial charge on any atom is -0.478 e. The predicted molar refractivity (Wildman–Crippen MR) is 74.3 cm³/mol. The largest absolute Gasteiger partial charge is 0.478 e. The lowest BCUT2D eigenvalue weighted by atomic mass is 10.1. The minimum absolute atomic E-state index is 0.0565. The van der Waals surface area contributed by atoms with Gasteiger partial charge in [-0.3, -0.25) is 0 Å². The van der Waals surface area contributed by atoms with Crippen LogP contribution in [0.4, 0.5) is 10.5 Å². The second-order valence-electron chi connectivity index (χ2n) is 4.87. The van der Waals surface area contributed by atoms with E-state index in [4.69, 9.17) is 5.11 Å². The van der Waals surface area contributed by atoms with Crippen LogP contribution >= 0.6 is 0 Å². The van der Waals surface area contributed by atoms with Crippen molar-refractivity contribution in [2.24, 2.45) is 0 Å². The summed E-state index contributed by atoms with van der Waals surface area (Å²) in [5.41, 5.74) is 2.21. The van der Waals surface area contributed by atoms with Gasteiger partial charge >= 0.3 is 12.1 Å². The Kier molecular flexibility index (Phi) is 4.12. The predicted octanol–water partition coefficient (Wildman–Crippen LogP) is 1.63. The number of rotatable bonds is 3. The maximum Gasteiger partial charge on any atom is 0.407 e. The molecule has 1 saturated heterocycles. The van der Waals surface area contributed by atoms with Crippen LogP contribution in [0.3, 0.4) is 0 Å². The highest BCUT2D eigenvalue weighted by atomic mass is 16.5. The first-order valence-electron chi connectivity index (χ1n) is 6.44. The molecule has 2 rings (SSSR count). The number of ether oxygens (including phenoxy) is 1. The first kappa shape index (κ1) is 14.2. The first-order valence-corrected chi connectivity index (χ1v) is 6.44. The number of carbonyl (C=O) groups is 2. The van der Waals surface area contributed by atoms with Crippen LogP contribution in [0.25, 0.3) is 0 Å². The van der Waals surface area contributed by atoms with Crippen molar-refractivity contribution >= 4 is 17.7 Å². The van der Waals surface area contributed by atoms with Crippen LogP contribution in [0.15, 0.2) is 18.2 Å². The number of carboxylic acid groups (broad SMARTS) is 1. The Hall–Kier alpha value is -2.24. The van der Waals surface area contributed by atoms with Crippen LogP contribution in [0.1, 0.15) is 22.3 Å². The number of methoxy groups -OCH3 is 1. The molecule has 108 valence electrons. The van der Waals surface area contributed by atoms with Crippen LogP contribution < -0.4 is 10.2 Å². The fourth-order valence-corrected chi connectivity index (χ4v) is 2.47. The van der Waals surface area contributed by atoms with Crippen molar-refractivity contribution in [3.8, 4) is 0 Å². The second kappa shape index (κ2) is 5.81. The van der Waals surface area contributed by atoms with Crippen LogP contribution in [0.5, 0.6) is 0 Å². The molecule has 1 aliphatic heterocycles. The molecule has 1 aliphatic rings. The first-order chi connectivity index (χ1) is 9.51. The normalized spacial score (nSPS) is 17.9. The van der Waals surface area contributed by atoms with E-state index in [1.54, 1.807) is 12.1 Å². The number of aromatic carboxylic acids is 1. The van der Waals surface area contributed by atoms with Crippen molar-refractivity contribution in [3.05, 3.63) is 29.3 Å². The topological polar surface area (TPSA) is 78.9 Å². The second-order valence-corrected chi connectivity index (χ2v) is 4.87. The van der Waals surface area contributed by atoms with Crippen LogP contribution in [0, 0.1) is 6.92 Å². The number of carboxylic acids is 1. The van der Waals surface area contributed by atoms with Crippen molar-refractivity contribution in [1.29, 1.82) is 0 Å². The maximum atomic E-state index is 11.2. The summed E-state index contributed by atoms with van der Waals surface area (Å²) < 4.78 is 4.59. The van der Waals surface area contributed by atoms with E-state index in [2.05, 4.69) is 15.0 Å². The Bertz CT molecular complexity index is 530. The highest BCUT2D eigenvalue weighted by molar-refractivity contribution is 5.88. The van der Waals surface area contributed by atoms with Gasteiger partial charge in [0, 0.05) is 18.8 Å². The van der Waals surface area contributed by atoms with E-state index in [0.717, 1.165) is 24.2 Å². The summed E-state index contributed by atoms with van der Waals surface area (Å²) >= 11 is 0. The number of hydrogen-bond acceptors (Lipinski definition) is 4. The molecular weight excluding hydrogens is 260 g/mol. The number of benzene rings is 1. The summed E-state index contributed by atoms with van der Waals surface area (Å²) in [4.78, 5) is 24.2. The van der Waals surface area contributed by atoms with Gasteiger partial charge in [0.1, 0.15) is 0 Å².